The molecule has 0 unspecified atom stereocenters. The van der Waals surface area contributed by atoms with Crippen molar-refractivity contribution in [3.8, 4) is 0 Å². The molecule has 0 atom stereocenters. The van der Waals surface area contributed by atoms with Gasteiger partial charge in [0.05, 0.1) is 0 Å². The van der Waals surface area contributed by atoms with E-state index in [9.17, 15) is 0 Å². The van der Waals surface area contributed by atoms with Crippen molar-refractivity contribution >= 4 is 61.4 Å². The number of rotatable bonds is 3. The van der Waals surface area contributed by atoms with Crippen LogP contribution in [0.25, 0.3) is 0 Å². The molecule has 3 heterocycles. The van der Waals surface area contributed by atoms with Gasteiger partial charge in [0.2, 0.25) is 53.5 Å². The first-order valence-electron chi connectivity index (χ1n) is 8.16. The lowest BCUT2D eigenvalue weighted by Gasteiger charge is -1.98. The first-order valence-corrected chi connectivity index (χ1v) is 9.72. The van der Waals surface area contributed by atoms with E-state index >= 15 is 0 Å². The molecule has 35 heavy (non-hydrogen) atoms. The van der Waals surface area contributed by atoms with E-state index in [1.807, 2.05) is 0 Å². The van der Waals surface area contributed by atoms with E-state index in [-0.39, 0.29) is 53.5 Å². The maximum Gasteiger partial charge on any atom is 0.466 e. The summed E-state index contributed by atoms with van der Waals surface area (Å²) in [6, 6.07) is 0. The molecule has 0 amide bonds. The van der Waals surface area contributed by atoms with Gasteiger partial charge in [-0.15, -0.1) is 0 Å². The van der Waals surface area contributed by atoms with Crippen LogP contribution in [0.5, 0.6) is 0 Å². The lowest BCUT2D eigenvalue weighted by atomic mass is 10.8. The van der Waals surface area contributed by atoms with Crippen LogP contribution in [-0.2, 0) is 4.57 Å². The Kier molecular flexibility index (Phi) is 12.4. The summed E-state index contributed by atoms with van der Waals surface area (Å²) >= 11 is 0. The van der Waals surface area contributed by atoms with Crippen molar-refractivity contribution in [2.24, 2.45) is 17.5 Å². The Hall–Kier alpha value is -4.78. The van der Waals surface area contributed by atoms with Crippen molar-refractivity contribution in [2.45, 2.75) is 0 Å². The van der Waals surface area contributed by atoms with E-state index in [0.29, 0.717) is 0 Å². The molecule has 0 saturated heterocycles. The molecule has 0 bridgehead atoms. The Balaban J connectivity index is 0.000000453. The molecule has 194 valence electrons. The summed E-state index contributed by atoms with van der Waals surface area (Å²) in [5, 5.41) is 0. The van der Waals surface area contributed by atoms with Gasteiger partial charge < -0.3 is 49.1 Å². The Labute approximate surface area is 194 Å². The molecule has 3 rings (SSSR count). The SMILES string of the molecule is NNc1nc(N)nc(N)n1.NNc1nc(N)nc(N)n1.NNc1nc(N)nc(N)n1.O=P(O)(O)O. The molecule has 0 aromatic carbocycles. The van der Waals surface area contributed by atoms with E-state index in [1.54, 1.807) is 0 Å². The fraction of sp³-hybridized carbons (Fsp3) is 0. The highest BCUT2D eigenvalue weighted by molar-refractivity contribution is 7.45. The van der Waals surface area contributed by atoms with Gasteiger partial charge in [-0.2, -0.15) is 44.9 Å². The van der Waals surface area contributed by atoms with Gasteiger partial charge in [-0.25, -0.2) is 22.1 Å². The Morgan fingerprint density at radius 2 is 0.600 bits per heavy atom. The van der Waals surface area contributed by atoms with Crippen molar-refractivity contribution < 1.29 is 19.2 Å². The summed E-state index contributed by atoms with van der Waals surface area (Å²) in [5.74, 6) is 15.6. The van der Waals surface area contributed by atoms with Gasteiger partial charge in [-0.3, -0.25) is 16.3 Å². The number of aromatic nitrogens is 9. The molecular weight excluding hydrogens is 497 g/mol. The smallest absolute Gasteiger partial charge is 0.368 e. The summed E-state index contributed by atoms with van der Waals surface area (Å²) in [6.45, 7) is 0. The third-order valence-corrected chi connectivity index (χ3v) is 2.40. The Bertz CT molecular complexity index is 919. The van der Waals surface area contributed by atoms with Crippen molar-refractivity contribution in [3.63, 3.8) is 0 Å². The zero-order valence-corrected chi connectivity index (χ0v) is 18.3. The summed E-state index contributed by atoms with van der Waals surface area (Å²) in [7, 11) is -4.64. The summed E-state index contributed by atoms with van der Waals surface area (Å²) < 4.78 is 8.88. The van der Waals surface area contributed by atoms with Crippen molar-refractivity contribution in [1.29, 1.82) is 0 Å². The van der Waals surface area contributed by atoms with Crippen molar-refractivity contribution in [1.82, 2.24) is 44.9 Å². The lowest BCUT2D eigenvalue weighted by Crippen LogP contribution is -2.13. The summed E-state index contributed by atoms with van der Waals surface area (Å²) in [4.78, 5) is 53.7. The summed E-state index contributed by atoms with van der Waals surface area (Å²) in [6.07, 6.45) is 0. The van der Waals surface area contributed by atoms with Gasteiger partial charge in [-0.1, -0.05) is 0 Å². The average molecular weight is 521 g/mol. The molecule has 0 spiro atoms. The van der Waals surface area contributed by atoms with Gasteiger partial charge in [0, 0.05) is 0 Å². The Morgan fingerprint density at radius 1 is 0.457 bits per heavy atom. The molecular formula is C9H24N21O4P. The molecule has 0 aliphatic carbocycles. The molecule has 3 aromatic rings. The van der Waals surface area contributed by atoms with Crippen LogP contribution in [0.2, 0.25) is 0 Å². The van der Waals surface area contributed by atoms with E-state index < -0.39 is 7.82 Å². The minimum atomic E-state index is -4.64. The van der Waals surface area contributed by atoms with Crippen LogP contribution in [0.4, 0.5) is 53.5 Å². The highest BCUT2D eigenvalue weighted by Gasteiger charge is 2.00. The zero-order chi connectivity index (χ0) is 27.2. The van der Waals surface area contributed by atoms with Gasteiger partial charge in [0.1, 0.15) is 0 Å². The number of nitrogens with zero attached hydrogens (tertiary/aromatic N) is 9. The number of phosphoric acid groups is 1. The number of hydrogen-bond donors (Lipinski definition) is 15. The van der Waals surface area contributed by atoms with Crippen LogP contribution >= 0.6 is 7.82 Å². The van der Waals surface area contributed by atoms with Crippen molar-refractivity contribution in [3.05, 3.63) is 0 Å². The quantitative estimate of drug-likeness (QED) is 0.0865. The normalized spacial score (nSPS) is 9.66. The first-order chi connectivity index (χ1) is 16.2. The zero-order valence-electron chi connectivity index (χ0n) is 17.4. The second kappa shape index (κ2) is 14.4. The number of anilines is 9. The number of nitrogens with one attached hydrogen (secondary N) is 3. The van der Waals surface area contributed by atoms with Crippen LogP contribution in [-0.4, -0.2) is 59.5 Å². The second-order valence-corrected chi connectivity index (χ2v) is 6.10. The van der Waals surface area contributed by atoms with Crippen LogP contribution < -0.4 is 68.2 Å². The van der Waals surface area contributed by atoms with Gasteiger partial charge in [0.15, 0.2) is 0 Å². The summed E-state index contributed by atoms with van der Waals surface area (Å²) in [5.41, 5.74) is 37.7. The third-order valence-electron chi connectivity index (χ3n) is 2.40. The monoisotopic (exact) mass is 521 g/mol. The number of nitrogen functional groups attached to an aromatic ring is 9. The van der Waals surface area contributed by atoms with E-state index in [2.05, 4.69) is 61.1 Å². The van der Waals surface area contributed by atoms with Gasteiger partial charge in [0.25, 0.3) is 0 Å². The van der Waals surface area contributed by atoms with Gasteiger partial charge in [-0.05, 0) is 0 Å². The number of hydrazine groups is 3. The molecule has 0 aliphatic rings. The third kappa shape index (κ3) is 15.6. The molecule has 3 aromatic heterocycles. The number of hydrogen-bond acceptors (Lipinski definition) is 22. The standard InChI is InChI=1S/3C3H7N7.H3O4P/c3*4-1-7-2(5)9-3(8-1)10-6;1-5(2,3)4/h3*6H2,(H5,4,5,7,8,9,10);(H3,1,2,3,4). The molecule has 0 fully saturated rings. The molecule has 24 N–H and O–H groups in total. The molecule has 0 saturated carbocycles. The minimum absolute atomic E-state index is 0.0421. The molecule has 0 radical (unpaired) electrons. The van der Waals surface area contributed by atoms with Crippen molar-refractivity contribution in [2.75, 3.05) is 50.7 Å². The topological polar surface area (TPSA) is 464 Å². The fourth-order valence-corrected chi connectivity index (χ4v) is 1.42. The molecule has 0 aliphatic heterocycles. The second-order valence-electron chi connectivity index (χ2n) is 5.07. The molecule has 25 nitrogen and oxygen atoms in total. The first kappa shape index (κ1) is 30.2. The largest absolute Gasteiger partial charge is 0.466 e. The van der Waals surface area contributed by atoms with Crippen LogP contribution in [0.1, 0.15) is 0 Å². The predicted molar refractivity (Wildman–Crippen MR) is 124 cm³/mol. The number of nitrogens with two attached hydrogens (primary N) is 9. The van der Waals surface area contributed by atoms with E-state index in [1.165, 1.54) is 0 Å². The lowest BCUT2D eigenvalue weighted by molar-refractivity contribution is 0.275. The van der Waals surface area contributed by atoms with E-state index in [0.717, 1.165) is 0 Å². The van der Waals surface area contributed by atoms with Crippen LogP contribution in [0.3, 0.4) is 0 Å². The maximum absolute atomic E-state index is 8.88. The molecule has 26 heteroatoms. The van der Waals surface area contributed by atoms with Gasteiger partial charge >= 0.3 is 7.82 Å². The van der Waals surface area contributed by atoms with E-state index in [4.69, 9.17) is 71.2 Å². The minimum Gasteiger partial charge on any atom is -0.368 e. The highest BCUT2D eigenvalue weighted by atomic mass is 31.2. The van der Waals surface area contributed by atoms with Crippen LogP contribution in [0, 0.1) is 0 Å². The average Bonchev–Trinajstić information content (AvgIpc) is 2.71. The maximum atomic E-state index is 8.88. The predicted octanol–water partition coefficient (Wildman–Crippen LogP) is -5.96. The van der Waals surface area contributed by atoms with Crippen LogP contribution in [0.15, 0.2) is 0 Å². The highest BCUT2D eigenvalue weighted by Crippen LogP contribution is 2.25. The Morgan fingerprint density at radius 3 is 0.714 bits per heavy atom. The fourth-order valence-electron chi connectivity index (χ4n) is 1.42.